The Morgan fingerprint density at radius 1 is 1.32 bits per heavy atom. The van der Waals surface area contributed by atoms with Gasteiger partial charge in [0.25, 0.3) is 0 Å². The van der Waals surface area contributed by atoms with Crippen molar-refractivity contribution in [2.75, 3.05) is 14.2 Å². The number of hydrogen-bond donors (Lipinski definition) is 1. The number of methoxy groups -OCH3 is 1. The van der Waals surface area contributed by atoms with Crippen molar-refractivity contribution in [2.24, 2.45) is 10.7 Å². The molecule has 0 aromatic heterocycles. The average molecular weight is 256 g/mol. The minimum Gasteiger partial charge on any atom is -0.495 e. The zero-order valence-electron chi connectivity index (χ0n) is 11.6. The fourth-order valence-corrected chi connectivity index (χ4v) is 2.50. The van der Waals surface area contributed by atoms with Gasteiger partial charge in [-0.05, 0) is 24.8 Å². The smallest absolute Gasteiger partial charge is 0.134 e. The van der Waals surface area contributed by atoms with E-state index in [-0.39, 0.29) is 0 Å². The zero-order chi connectivity index (χ0) is 13.8. The first-order chi connectivity index (χ1) is 9.19. The summed E-state index contributed by atoms with van der Waals surface area (Å²) in [5.41, 5.74) is 11.3. The fourth-order valence-electron chi connectivity index (χ4n) is 2.50. The van der Waals surface area contributed by atoms with Crippen LogP contribution in [0.25, 0.3) is 0 Å². The Balaban J connectivity index is 2.57. The minimum atomic E-state index is 0.510. The van der Waals surface area contributed by atoms with Crippen molar-refractivity contribution in [1.82, 2.24) is 0 Å². The number of hydrogen-bond acceptors (Lipinski definition) is 3. The topological polar surface area (TPSA) is 47.6 Å². The average Bonchev–Trinajstić information content (AvgIpc) is 2.64. The van der Waals surface area contributed by atoms with Crippen LogP contribution in [0.5, 0.6) is 0 Å². The molecule has 3 nitrogen and oxygen atoms in total. The van der Waals surface area contributed by atoms with E-state index < -0.39 is 0 Å². The molecular weight excluding hydrogens is 236 g/mol. The van der Waals surface area contributed by atoms with Crippen molar-refractivity contribution in [3.63, 3.8) is 0 Å². The van der Waals surface area contributed by atoms with Crippen molar-refractivity contribution in [3.8, 4) is 0 Å². The number of aryl methyl sites for hydroxylation is 1. The molecule has 0 unspecified atom stereocenters. The van der Waals surface area contributed by atoms with Gasteiger partial charge in [0, 0.05) is 18.2 Å². The summed E-state index contributed by atoms with van der Waals surface area (Å²) in [6.45, 7) is 3.84. The molecule has 0 spiro atoms. The van der Waals surface area contributed by atoms with Gasteiger partial charge in [-0.15, -0.1) is 0 Å². The van der Waals surface area contributed by atoms with E-state index in [2.05, 4.69) is 29.8 Å². The van der Waals surface area contributed by atoms with Crippen LogP contribution in [0, 0.1) is 0 Å². The summed E-state index contributed by atoms with van der Waals surface area (Å²) in [5, 5.41) is 0. The molecule has 0 saturated carbocycles. The second kappa shape index (κ2) is 5.74. The van der Waals surface area contributed by atoms with Crippen molar-refractivity contribution in [1.29, 1.82) is 0 Å². The Labute approximate surface area is 114 Å². The predicted octanol–water partition coefficient (Wildman–Crippen LogP) is 2.81. The Bertz CT molecular complexity index is 556. The summed E-state index contributed by atoms with van der Waals surface area (Å²) in [6.07, 6.45) is 3.00. The molecule has 100 valence electrons. The molecule has 1 aliphatic rings. The van der Waals surface area contributed by atoms with Crippen LogP contribution in [0.2, 0.25) is 0 Å². The first kappa shape index (κ1) is 13.4. The maximum atomic E-state index is 6.17. The lowest BCUT2D eigenvalue weighted by Crippen LogP contribution is -2.14. The van der Waals surface area contributed by atoms with Gasteiger partial charge in [0.1, 0.15) is 5.76 Å². The quantitative estimate of drug-likeness (QED) is 0.653. The highest BCUT2D eigenvalue weighted by molar-refractivity contribution is 6.14. The van der Waals surface area contributed by atoms with Gasteiger partial charge in [-0.2, -0.15) is 0 Å². The number of rotatable bonds is 2. The van der Waals surface area contributed by atoms with Crippen LogP contribution in [0.1, 0.15) is 24.0 Å². The van der Waals surface area contributed by atoms with E-state index in [1.165, 1.54) is 11.1 Å². The molecule has 2 N–H and O–H groups in total. The molecule has 1 aromatic rings. The number of nitrogens with two attached hydrogens (primary N) is 1. The van der Waals surface area contributed by atoms with Crippen LogP contribution in [-0.2, 0) is 11.2 Å². The Kier molecular flexibility index (Phi) is 4.05. The molecule has 0 saturated heterocycles. The Hall–Kier alpha value is -2.03. The zero-order valence-corrected chi connectivity index (χ0v) is 11.6. The third kappa shape index (κ3) is 2.55. The summed E-state index contributed by atoms with van der Waals surface area (Å²) in [6, 6.07) is 8.36. The van der Waals surface area contributed by atoms with Crippen molar-refractivity contribution >= 4 is 5.71 Å². The van der Waals surface area contributed by atoms with Crippen LogP contribution in [0.4, 0.5) is 0 Å². The third-order valence-corrected chi connectivity index (χ3v) is 3.53. The molecule has 0 atom stereocenters. The molecule has 1 aromatic carbocycles. The standard InChI is InChI=1S/C16H20N2O/c1-11(19-3)15(17)14-10-6-8-12-7-4-5-9-13(12)16(14)18-2/h4-5,7,9H,1,6,8,10,17H2,2-3H3/b15-14-,18-16?. The van der Waals surface area contributed by atoms with E-state index in [0.29, 0.717) is 11.5 Å². The number of aliphatic imine (C=N–C) groups is 1. The van der Waals surface area contributed by atoms with E-state index in [4.69, 9.17) is 10.5 Å². The highest BCUT2D eigenvalue weighted by atomic mass is 16.5. The second-order valence-electron chi connectivity index (χ2n) is 4.60. The van der Waals surface area contributed by atoms with Gasteiger partial charge in [0.2, 0.25) is 0 Å². The van der Waals surface area contributed by atoms with Gasteiger partial charge in [0.05, 0.1) is 18.5 Å². The number of allylic oxidation sites excluding steroid dienone is 1. The first-order valence-corrected chi connectivity index (χ1v) is 6.46. The molecular formula is C16H20N2O. The lowest BCUT2D eigenvalue weighted by atomic mass is 9.97. The molecule has 19 heavy (non-hydrogen) atoms. The van der Waals surface area contributed by atoms with E-state index >= 15 is 0 Å². The number of fused-ring (bicyclic) bond motifs is 1. The second-order valence-corrected chi connectivity index (χ2v) is 4.60. The highest BCUT2D eigenvalue weighted by Crippen LogP contribution is 2.27. The molecule has 1 aliphatic carbocycles. The molecule has 0 radical (unpaired) electrons. The summed E-state index contributed by atoms with van der Waals surface area (Å²) in [4.78, 5) is 4.45. The van der Waals surface area contributed by atoms with Crippen LogP contribution in [0.15, 0.2) is 52.9 Å². The summed E-state index contributed by atoms with van der Waals surface area (Å²) < 4.78 is 5.15. The van der Waals surface area contributed by atoms with E-state index in [0.717, 1.165) is 30.5 Å². The number of ether oxygens (including phenoxy) is 1. The van der Waals surface area contributed by atoms with Crippen molar-refractivity contribution in [3.05, 3.63) is 59.0 Å². The maximum Gasteiger partial charge on any atom is 0.134 e. The third-order valence-electron chi connectivity index (χ3n) is 3.53. The SMILES string of the molecule is C=C(OC)/C(N)=C1\CCCc2ccccc2C1=NC. The highest BCUT2D eigenvalue weighted by Gasteiger charge is 2.20. The normalized spacial score (nSPS) is 19.6. The molecule has 3 heteroatoms. The first-order valence-electron chi connectivity index (χ1n) is 6.46. The van der Waals surface area contributed by atoms with Gasteiger partial charge in [-0.1, -0.05) is 30.8 Å². The van der Waals surface area contributed by atoms with Gasteiger partial charge in [-0.3, -0.25) is 4.99 Å². The van der Waals surface area contributed by atoms with Crippen LogP contribution < -0.4 is 5.73 Å². The molecule has 0 fully saturated rings. The van der Waals surface area contributed by atoms with Gasteiger partial charge in [-0.25, -0.2) is 0 Å². The van der Waals surface area contributed by atoms with Crippen LogP contribution in [0.3, 0.4) is 0 Å². The molecule has 0 aliphatic heterocycles. The van der Waals surface area contributed by atoms with Crippen molar-refractivity contribution in [2.45, 2.75) is 19.3 Å². The van der Waals surface area contributed by atoms with Gasteiger partial charge >= 0.3 is 0 Å². The molecule has 2 rings (SSSR count). The molecule has 0 amide bonds. The van der Waals surface area contributed by atoms with Gasteiger partial charge in [0.15, 0.2) is 0 Å². The minimum absolute atomic E-state index is 0.510. The van der Waals surface area contributed by atoms with Crippen molar-refractivity contribution < 1.29 is 4.74 Å². The Morgan fingerprint density at radius 3 is 2.74 bits per heavy atom. The predicted molar refractivity (Wildman–Crippen MR) is 79.2 cm³/mol. The maximum absolute atomic E-state index is 6.17. The number of benzene rings is 1. The van der Waals surface area contributed by atoms with E-state index in [9.17, 15) is 0 Å². The Morgan fingerprint density at radius 2 is 2.05 bits per heavy atom. The summed E-state index contributed by atoms with van der Waals surface area (Å²) in [7, 11) is 3.39. The van der Waals surface area contributed by atoms with Gasteiger partial charge < -0.3 is 10.5 Å². The lowest BCUT2D eigenvalue weighted by Gasteiger charge is -2.14. The molecule has 0 bridgehead atoms. The fraction of sp³-hybridized carbons (Fsp3) is 0.312. The largest absolute Gasteiger partial charge is 0.495 e. The van der Waals surface area contributed by atoms with Crippen LogP contribution >= 0.6 is 0 Å². The number of nitrogens with zero attached hydrogens (tertiary/aromatic N) is 1. The monoisotopic (exact) mass is 256 g/mol. The summed E-state index contributed by atoms with van der Waals surface area (Å²) in [5.74, 6) is 0.510. The van der Waals surface area contributed by atoms with E-state index in [1.807, 2.05) is 6.07 Å². The molecule has 0 heterocycles. The van der Waals surface area contributed by atoms with Crippen LogP contribution in [-0.4, -0.2) is 19.9 Å². The summed E-state index contributed by atoms with van der Waals surface area (Å²) >= 11 is 0. The van der Waals surface area contributed by atoms with E-state index in [1.54, 1.807) is 14.2 Å². The lowest BCUT2D eigenvalue weighted by molar-refractivity contribution is 0.301.